The molecule has 2 heterocycles. The van der Waals surface area contributed by atoms with Crippen LogP contribution >= 0.6 is 7.92 Å². The molecule has 144 valence electrons. The zero-order chi connectivity index (χ0) is 19.9. The van der Waals surface area contributed by atoms with Crippen molar-refractivity contribution in [3.63, 3.8) is 0 Å². The highest BCUT2D eigenvalue weighted by Crippen LogP contribution is 2.76. The summed E-state index contributed by atoms with van der Waals surface area (Å²) >= 11 is 0. The van der Waals surface area contributed by atoms with Gasteiger partial charge in [0.15, 0.2) is 0 Å². The van der Waals surface area contributed by atoms with Crippen molar-refractivity contribution >= 4 is 14.0 Å². The first-order valence-corrected chi connectivity index (χ1v) is 11.5. The predicted molar refractivity (Wildman–Crippen MR) is 122 cm³/mol. The van der Waals surface area contributed by atoms with E-state index < -0.39 is 0 Å². The van der Waals surface area contributed by atoms with Gasteiger partial charge < -0.3 is 4.74 Å². The summed E-state index contributed by atoms with van der Waals surface area (Å²) in [4.78, 5) is 0. The fourth-order valence-electron chi connectivity index (χ4n) is 4.70. The molecule has 0 aliphatic carbocycles. The third-order valence-electron chi connectivity index (χ3n) is 6.63. The van der Waals surface area contributed by atoms with E-state index in [1.807, 2.05) is 0 Å². The van der Waals surface area contributed by atoms with Gasteiger partial charge in [0.05, 0.1) is 7.11 Å². The lowest BCUT2D eigenvalue weighted by Crippen LogP contribution is -2.28. The van der Waals surface area contributed by atoms with Crippen LogP contribution in [0, 0.1) is 0 Å². The molecule has 0 amide bonds. The number of rotatable bonds is 3. The molecule has 0 unspecified atom stereocenters. The van der Waals surface area contributed by atoms with Gasteiger partial charge in [-0.05, 0) is 80.5 Å². The smallest absolute Gasteiger partial charge is 0.118 e. The van der Waals surface area contributed by atoms with Gasteiger partial charge in [-0.25, -0.2) is 0 Å². The Balaban J connectivity index is 1.87. The van der Waals surface area contributed by atoms with Gasteiger partial charge in [-0.15, -0.1) is 0 Å². The summed E-state index contributed by atoms with van der Waals surface area (Å²) in [6.07, 6.45) is 4.78. The van der Waals surface area contributed by atoms with Crippen molar-refractivity contribution in [1.29, 1.82) is 0 Å². The molecule has 0 bridgehead atoms. The molecule has 2 aliphatic rings. The van der Waals surface area contributed by atoms with E-state index in [2.05, 4.69) is 88.4 Å². The largest absolute Gasteiger partial charge is 0.497 e. The number of fused-ring (bicyclic) bond motifs is 1. The standard InChI is InChI=1S/C26H29OP/c1-18-16-26(23-9-7-6-8-10-23)21(4)20(3)25(28(26)17-19(18)2)15-22-11-13-24(27-5)14-12-22/h6-15H,16-17H2,1-5H3/b25-15-/t26-,28-/m1/s1. The molecule has 2 aliphatic heterocycles. The zero-order valence-corrected chi connectivity index (χ0v) is 18.4. The van der Waals surface area contributed by atoms with Crippen LogP contribution in [0.25, 0.3) is 6.08 Å². The lowest BCUT2D eigenvalue weighted by molar-refractivity contribution is 0.415. The molecular weight excluding hydrogens is 359 g/mol. The molecule has 2 heteroatoms. The maximum absolute atomic E-state index is 5.33. The van der Waals surface area contributed by atoms with Gasteiger partial charge in [0.1, 0.15) is 5.75 Å². The normalized spacial score (nSPS) is 26.0. The molecule has 2 aromatic carbocycles. The summed E-state index contributed by atoms with van der Waals surface area (Å²) in [6, 6.07) is 19.7. The van der Waals surface area contributed by atoms with Crippen molar-refractivity contribution < 1.29 is 4.74 Å². The highest BCUT2D eigenvalue weighted by atomic mass is 31.1. The Kier molecular flexibility index (Phi) is 5.06. The third-order valence-corrected chi connectivity index (χ3v) is 10.1. The molecule has 0 saturated heterocycles. The van der Waals surface area contributed by atoms with Crippen molar-refractivity contribution in [3.8, 4) is 5.75 Å². The lowest BCUT2D eigenvalue weighted by atomic mass is 9.82. The van der Waals surface area contributed by atoms with Crippen LogP contribution < -0.4 is 4.74 Å². The Morgan fingerprint density at radius 1 is 0.893 bits per heavy atom. The summed E-state index contributed by atoms with van der Waals surface area (Å²) in [5, 5.41) is 1.72. The Morgan fingerprint density at radius 3 is 2.21 bits per heavy atom. The summed E-state index contributed by atoms with van der Waals surface area (Å²) < 4.78 is 5.33. The minimum Gasteiger partial charge on any atom is -0.497 e. The molecule has 0 radical (unpaired) electrons. The van der Waals surface area contributed by atoms with Gasteiger partial charge in [-0.1, -0.05) is 67.1 Å². The molecule has 0 spiro atoms. The quantitative estimate of drug-likeness (QED) is 0.391. The number of methoxy groups -OCH3 is 1. The van der Waals surface area contributed by atoms with Gasteiger partial charge in [-0.2, -0.15) is 0 Å². The topological polar surface area (TPSA) is 9.23 Å². The van der Waals surface area contributed by atoms with E-state index >= 15 is 0 Å². The van der Waals surface area contributed by atoms with E-state index in [9.17, 15) is 0 Å². The van der Waals surface area contributed by atoms with Crippen LogP contribution in [0.15, 0.2) is 82.2 Å². The fraction of sp³-hybridized carbons (Fsp3) is 0.308. The van der Waals surface area contributed by atoms with Crippen molar-refractivity contribution in [2.45, 2.75) is 39.3 Å². The van der Waals surface area contributed by atoms with Crippen molar-refractivity contribution in [2.24, 2.45) is 0 Å². The van der Waals surface area contributed by atoms with Crippen LogP contribution in [0.5, 0.6) is 5.75 Å². The molecule has 2 atom stereocenters. The summed E-state index contributed by atoms with van der Waals surface area (Å²) in [5.41, 5.74) is 8.96. The van der Waals surface area contributed by atoms with Crippen LogP contribution in [-0.2, 0) is 5.16 Å². The second-order valence-corrected chi connectivity index (χ2v) is 10.5. The highest BCUT2D eigenvalue weighted by Gasteiger charge is 2.50. The summed E-state index contributed by atoms with van der Waals surface area (Å²) in [5.74, 6) is 0.911. The third kappa shape index (κ3) is 2.97. The van der Waals surface area contributed by atoms with E-state index in [0.717, 1.165) is 12.2 Å². The van der Waals surface area contributed by atoms with Crippen molar-refractivity contribution in [2.75, 3.05) is 13.3 Å². The number of ether oxygens (including phenoxy) is 1. The van der Waals surface area contributed by atoms with Crippen LogP contribution in [-0.4, -0.2) is 13.3 Å². The highest BCUT2D eigenvalue weighted by molar-refractivity contribution is 7.65. The van der Waals surface area contributed by atoms with Crippen LogP contribution in [0.3, 0.4) is 0 Å². The Labute approximate surface area is 170 Å². The Bertz CT molecular complexity index is 979. The molecular formula is C26H29OP. The van der Waals surface area contributed by atoms with Gasteiger partial charge in [0.2, 0.25) is 0 Å². The number of hydrogen-bond acceptors (Lipinski definition) is 1. The van der Waals surface area contributed by atoms with E-state index in [0.29, 0.717) is 0 Å². The van der Waals surface area contributed by atoms with Crippen molar-refractivity contribution in [1.82, 2.24) is 0 Å². The second-order valence-electron chi connectivity index (χ2n) is 8.10. The minimum atomic E-state index is -0.325. The fourth-order valence-corrected chi connectivity index (χ4v) is 8.63. The van der Waals surface area contributed by atoms with Crippen LogP contribution in [0.4, 0.5) is 0 Å². The Morgan fingerprint density at radius 2 is 1.57 bits per heavy atom. The van der Waals surface area contributed by atoms with E-state index in [1.165, 1.54) is 22.9 Å². The molecule has 1 nitrogen and oxygen atoms in total. The molecule has 28 heavy (non-hydrogen) atoms. The maximum atomic E-state index is 5.33. The van der Waals surface area contributed by atoms with E-state index in [1.54, 1.807) is 29.1 Å². The monoisotopic (exact) mass is 388 g/mol. The predicted octanol–water partition coefficient (Wildman–Crippen LogP) is 7.50. The number of benzene rings is 2. The molecule has 0 saturated carbocycles. The average Bonchev–Trinajstić information content (AvgIpc) is 2.92. The first-order valence-electron chi connectivity index (χ1n) is 10.00. The first kappa shape index (κ1) is 19.2. The molecule has 0 aromatic heterocycles. The van der Waals surface area contributed by atoms with Crippen LogP contribution in [0.1, 0.15) is 45.2 Å². The summed E-state index contributed by atoms with van der Waals surface area (Å²) in [6.45, 7) is 9.38. The number of hydrogen-bond donors (Lipinski definition) is 0. The van der Waals surface area contributed by atoms with Gasteiger partial charge >= 0.3 is 0 Å². The first-order chi connectivity index (χ1) is 13.5. The SMILES string of the molecule is COc1ccc(/C=C2/C(C)=C(C)[C@@]3(c4ccccc4)CC(C)=C(C)C[P@]23)cc1. The van der Waals surface area contributed by atoms with Crippen LogP contribution in [0.2, 0.25) is 0 Å². The average molecular weight is 388 g/mol. The lowest BCUT2D eigenvalue weighted by Gasteiger charge is -2.43. The van der Waals surface area contributed by atoms with E-state index in [-0.39, 0.29) is 13.1 Å². The van der Waals surface area contributed by atoms with E-state index in [4.69, 9.17) is 4.74 Å². The molecule has 0 fully saturated rings. The van der Waals surface area contributed by atoms with Gasteiger partial charge in [-0.3, -0.25) is 0 Å². The Hall–Kier alpha value is -2.11. The molecule has 2 aromatic rings. The summed E-state index contributed by atoms with van der Waals surface area (Å²) in [7, 11) is 1.39. The van der Waals surface area contributed by atoms with Crippen molar-refractivity contribution in [3.05, 3.63) is 93.3 Å². The zero-order valence-electron chi connectivity index (χ0n) is 17.5. The van der Waals surface area contributed by atoms with Gasteiger partial charge in [0, 0.05) is 5.16 Å². The van der Waals surface area contributed by atoms with Gasteiger partial charge in [0.25, 0.3) is 0 Å². The molecule has 0 N–H and O–H groups in total. The minimum absolute atomic E-state index is 0.155. The molecule has 4 rings (SSSR count). The second kappa shape index (κ2) is 7.37. The maximum Gasteiger partial charge on any atom is 0.118 e. The number of allylic oxidation sites excluding steroid dienone is 5.